The van der Waals surface area contributed by atoms with Gasteiger partial charge >= 0.3 is 5.97 Å². The zero-order chi connectivity index (χ0) is 20.3. The maximum Gasteiger partial charge on any atom is 0.340 e. The van der Waals surface area contributed by atoms with Crippen LogP contribution < -0.4 is 10.1 Å². The van der Waals surface area contributed by atoms with Gasteiger partial charge < -0.3 is 14.8 Å². The maximum absolute atomic E-state index is 12.6. The number of aryl methyl sites for hydroxylation is 2. The van der Waals surface area contributed by atoms with Crippen molar-refractivity contribution in [3.8, 4) is 5.75 Å². The molecule has 1 aromatic heterocycles. The maximum atomic E-state index is 12.6. The van der Waals surface area contributed by atoms with Crippen molar-refractivity contribution in [3.05, 3.63) is 65.4 Å². The lowest BCUT2D eigenvalue weighted by molar-refractivity contribution is -0.123. The van der Waals surface area contributed by atoms with Crippen LogP contribution in [0.2, 0.25) is 0 Å². The number of ether oxygens (including phenoxy) is 2. The molecule has 0 saturated heterocycles. The number of nitrogens with zero attached hydrogens (tertiary/aromatic N) is 1. The first-order valence-corrected chi connectivity index (χ1v) is 8.91. The lowest BCUT2D eigenvalue weighted by atomic mass is 10.1. The molecular formula is C22H22N2O4. The van der Waals surface area contributed by atoms with Gasteiger partial charge in [0, 0.05) is 11.1 Å². The van der Waals surface area contributed by atoms with E-state index in [-0.39, 0.29) is 0 Å². The molecule has 2 aromatic carbocycles. The Morgan fingerprint density at radius 3 is 2.43 bits per heavy atom. The van der Waals surface area contributed by atoms with E-state index in [1.54, 1.807) is 44.4 Å². The molecule has 0 aliphatic heterocycles. The number of hydrogen-bond acceptors (Lipinski definition) is 5. The molecule has 144 valence electrons. The monoisotopic (exact) mass is 378 g/mol. The molecule has 1 N–H and O–H groups in total. The lowest BCUT2D eigenvalue weighted by Crippen LogP contribution is -2.30. The number of rotatable bonds is 5. The Hall–Kier alpha value is -3.41. The first-order valence-electron chi connectivity index (χ1n) is 8.91. The number of carbonyl (C=O) groups is 2. The second kappa shape index (κ2) is 8.08. The summed E-state index contributed by atoms with van der Waals surface area (Å²) in [6.45, 7) is 5.26. The van der Waals surface area contributed by atoms with Crippen molar-refractivity contribution in [2.24, 2.45) is 0 Å². The normalized spacial score (nSPS) is 11.7. The highest BCUT2D eigenvalue weighted by molar-refractivity contribution is 5.99. The van der Waals surface area contributed by atoms with Gasteiger partial charge in [-0.05, 0) is 63.2 Å². The Morgan fingerprint density at radius 1 is 1.04 bits per heavy atom. The molecule has 0 aliphatic rings. The topological polar surface area (TPSA) is 77.5 Å². The minimum atomic E-state index is -0.956. The predicted molar refractivity (Wildman–Crippen MR) is 108 cm³/mol. The number of hydrogen-bond donors (Lipinski definition) is 1. The van der Waals surface area contributed by atoms with E-state index < -0.39 is 18.0 Å². The predicted octanol–water partition coefficient (Wildman–Crippen LogP) is 4.04. The summed E-state index contributed by atoms with van der Waals surface area (Å²) in [6, 6.07) is 14.5. The van der Waals surface area contributed by atoms with E-state index in [0.29, 0.717) is 22.7 Å². The van der Waals surface area contributed by atoms with E-state index in [9.17, 15) is 9.59 Å². The molecule has 1 atom stereocenters. The fourth-order valence-electron chi connectivity index (χ4n) is 2.79. The van der Waals surface area contributed by atoms with Gasteiger partial charge in [0.15, 0.2) is 6.10 Å². The summed E-state index contributed by atoms with van der Waals surface area (Å²) in [4.78, 5) is 29.4. The number of amides is 1. The van der Waals surface area contributed by atoms with Gasteiger partial charge in [-0.2, -0.15) is 0 Å². The Balaban J connectivity index is 1.71. The summed E-state index contributed by atoms with van der Waals surface area (Å²) in [7, 11) is 1.57. The number of anilines is 1. The third kappa shape index (κ3) is 4.28. The summed E-state index contributed by atoms with van der Waals surface area (Å²) >= 11 is 0. The average Bonchev–Trinajstić information content (AvgIpc) is 2.68. The zero-order valence-corrected chi connectivity index (χ0v) is 16.3. The molecule has 1 unspecified atom stereocenters. The summed E-state index contributed by atoms with van der Waals surface area (Å²) in [6.07, 6.45) is -0.956. The average molecular weight is 378 g/mol. The van der Waals surface area contributed by atoms with Gasteiger partial charge in [-0.15, -0.1) is 0 Å². The van der Waals surface area contributed by atoms with Crippen molar-refractivity contribution in [1.82, 2.24) is 4.98 Å². The number of nitrogens with one attached hydrogen (secondary N) is 1. The van der Waals surface area contributed by atoms with Gasteiger partial charge in [0.25, 0.3) is 5.91 Å². The largest absolute Gasteiger partial charge is 0.497 e. The van der Waals surface area contributed by atoms with Gasteiger partial charge in [-0.1, -0.05) is 11.6 Å². The number of aromatic nitrogens is 1. The number of methoxy groups -OCH3 is 1. The number of pyridine rings is 1. The number of carbonyl (C=O) groups excluding carboxylic acids is 2. The van der Waals surface area contributed by atoms with Crippen LogP contribution in [0.25, 0.3) is 10.9 Å². The molecule has 1 heterocycles. The van der Waals surface area contributed by atoms with E-state index in [1.165, 1.54) is 6.92 Å². The summed E-state index contributed by atoms with van der Waals surface area (Å²) < 4.78 is 10.4. The van der Waals surface area contributed by atoms with Crippen LogP contribution in [-0.4, -0.2) is 30.1 Å². The van der Waals surface area contributed by atoms with E-state index in [0.717, 1.165) is 16.5 Å². The van der Waals surface area contributed by atoms with Crippen molar-refractivity contribution in [1.29, 1.82) is 0 Å². The Bertz CT molecular complexity index is 1030. The van der Waals surface area contributed by atoms with Gasteiger partial charge in [0.2, 0.25) is 0 Å². The molecule has 0 radical (unpaired) electrons. The van der Waals surface area contributed by atoms with Crippen LogP contribution in [0.3, 0.4) is 0 Å². The van der Waals surface area contributed by atoms with Crippen LogP contribution in [0.1, 0.15) is 28.5 Å². The van der Waals surface area contributed by atoms with Crippen molar-refractivity contribution in [2.75, 3.05) is 12.4 Å². The smallest absolute Gasteiger partial charge is 0.340 e. The molecule has 0 aliphatic carbocycles. The molecule has 0 fully saturated rings. The second-order valence-electron chi connectivity index (χ2n) is 6.58. The highest BCUT2D eigenvalue weighted by Gasteiger charge is 2.21. The van der Waals surface area contributed by atoms with Crippen molar-refractivity contribution < 1.29 is 19.1 Å². The molecule has 28 heavy (non-hydrogen) atoms. The summed E-state index contributed by atoms with van der Waals surface area (Å²) in [5.41, 5.74) is 3.38. The Kier molecular flexibility index (Phi) is 5.59. The fraction of sp³-hybridized carbons (Fsp3) is 0.227. The molecule has 6 nitrogen and oxygen atoms in total. The number of benzene rings is 2. The lowest BCUT2D eigenvalue weighted by Gasteiger charge is -2.15. The van der Waals surface area contributed by atoms with Gasteiger partial charge in [0.1, 0.15) is 5.75 Å². The van der Waals surface area contributed by atoms with E-state index >= 15 is 0 Å². The highest BCUT2D eigenvalue weighted by Crippen LogP contribution is 2.20. The third-order valence-corrected chi connectivity index (χ3v) is 4.39. The SMILES string of the molecule is COc1ccc(NC(=O)C(C)OC(=O)c2cc3cc(C)ccc3nc2C)cc1. The van der Waals surface area contributed by atoms with Crippen molar-refractivity contribution in [3.63, 3.8) is 0 Å². The molecule has 1 amide bonds. The molecule has 0 saturated carbocycles. The van der Waals surface area contributed by atoms with Gasteiger partial charge in [-0.25, -0.2) is 4.79 Å². The summed E-state index contributed by atoms with van der Waals surface area (Å²) in [5, 5.41) is 3.57. The van der Waals surface area contributed by atoms with Crippen molar-refractivity contribution in [2.45, 2.75) is 26.9 Å². The van der Waals surface area contributed by atoms with Gasteiger partial charge in [-0.3, -0.25) is 9.78 Å². The van der Waals surface area contributed by atoms with Crippen LogP contribution >= 0.6 is 0 Å². The van der Waals surface area contributed by atoms with Crippen LogP contribution in [0.5, 0.6) is 5.75 Å². The Morgan fingerprint density at radius 2 is 1.75 bits per heavy atom. The number of fused-ring (bicyclic) bond motifs is 1. The molecule has 3 rings (SSSR count). The van der Waals surface area contributed by atoms with Crippen LogP contribution in [0.4, 0.5) is 5.69 Å². The molecule has 0 spiro atoms. The second-order valence-corrected chi connectivity index (χ2v) is 6.58. The minimum Gasteiger partial charge on any atom is -0.497 e. The minimum absolute atomic E-state index is 0.349. The fourth-order valence-corrected chi connectivity index (χ4v) is 2.79. The first kappa shape index (κ1) is 19.4. The standard InChI is InChI=1S/C22H22N2O4/c1-13-5-10-20-16(11-13)12-19(14(2)23-20)22(26)28-15(3)21(25)24-17-6-8-18(27-4)9-7-17/h5-12,15H,1-4H3,(H,24,25). The van der Waals surface area contributed by atoms with E-state index in [2.05, 4.69) is 10.3 Å². The number of esters is 1. The summed E-state index contributed by atoms with van der Waals surface area (Å²) in [5.74, 6) is -0.307. The highest BCUT2D eigenvalue weighted by atomic mass is 16.5. The van der Waals surface area contributed by atoms with Crippen LogP contribution in [0.15, 0.2) is 48.5 Å². The first-order chi connectivity index (χ1) is 13.4. The quantitative estimate of drug-likeness (QED) is 0.678. The molecule has 0 bridgehead atoms. The zero-order valence-electron chi connectivity index (χ0n) is 16.3. The van der Waals surface area contributed by atoms with Crippen LogP contribution in [0, 0.1) is 13.8 Å². The van der Waals surface area contributed by atoms with Gasteiger partial charge in [0.05, 0.1) is 23.9 Å². The van der Waals surface area contributed by atoms with E-state index in [1.807, 2.05) is 25.1 Å². The third-order valence-electron chi connectivity index (χ3n) is 4.39. The van der Waals surface area contributed by atoms with E-state index in [4.69, 9.17) is 9.47 Å². The molecule has 3 aromatic rings. The Labute approximate surface area is 163 Å². The van der Waals surface area contributed by atoms with Crippen LogP contribution in [-0.2, 0) is 9.53 Å². The molecular weight excluding hydrogens is 356 g/mol. The molecule has 6 heteroatoms. The van der Waals surface area contributed by atoms with Crippen molar-refractivity contribution >= 4 is 28.5 Å².